The van der Waals surface area contributed by atoms with Crippen LogP contribution >= 0.6 is 23.2 Å². The van der Waals surface area contributed by atoms with E-state index in [0.717, 1.165) is 17.0 Å². The van der Waals surface area contributed by atoms with Crippen LogP contribution in [0.4, 0.5) is 0 Å². The summed E-state index contributed by atoms with van der Waals surface area (Å²) in [7, 11) is 1.86. The number of hydrogen-bond acceptors (Lipinski definition) is 4. The molecule has 0 unspecified atom stereocenters. The lowest BCUT2D eigenvalue weighted by atomic mass is 9.92. The molecular formula is C22H23Cl2N5O. The summed E-state index contributed by atoms with van der Waals surface area (Å²) in [6.07, 6.45) is 0. The highest BCUT2D eigenvalue weighted by Gasteiger charge is 2.27. The van der Waals surface area contributed by atoms with Crippen molar-refractivity contribution in [1.82, 2.24) is 24.7 Å². The van der Waals surface area contributed by atoms with E-state index in [-0.39, 0.29) is 5.41 Å². The van der Waals surface area contributed by atoms with Gasteiger partial charge >= 0.3 is 0 Å². The fraction of sp³-hybridized carbons (Fsp3) is 0.318. The normalized spacial score (nSPS) is 12.0. The van der Waals surface area contributed by atoms with Gasteiger partial charge in [-0.3, -0.25) is 4.68 Å². The molecule has 4 aromatic rings. The lowest BCUT2D eigenvalue weighted by molar-refractivity contribution is 0.331. The quantitative estimate of drug-likeness (QED) is 0.417. The Morgan fingerprint density at radius 3 is 2.50 bits per heavy atom. The Labute approximate surface area is 185 Å². The number of rotatable bonds is 4. The highest BCUT2D eigenvalue weighted by atomic mass is 35.5. The first-order chi connectivity index (χ1) is 14.2. The first kappa shape index (κ1) is 20.7. The number of aromatic nitrogens is 5. The van der Waals surface area contributed by atoms with E-state index in [1.165, 1.54) is 0 Å². The van der Waals surface area contributed by atoms with Crippen LogP contribution in [0.2, 0.25) is 10.0 Å². The van der Waals surface area contributed by atoms with Crippen molar-refractivity contribution in [3.63, 3.8) is 0 Å². The Bertz CT molecular complexity index is 1240. The minimum atomic E-state index is -0.186. The Balaban J connectivity index is 1.92. The second-order valence-corrected chi connectivity index (χ2v) is 8.88. The second kappa shape index (κ2) is 7.60. The van der Waals surface area contributed by atoms with E-state index in [1.54, 1.807) is 4.68 Å². The van der Waals surface area contributed by atoms with Crippen LogP contribution in [0.5, 0.6) is 5.88 Å². The van der Waals surface area contributed by atoms with E-state index >= 15 is 0 Å². The monoisotopic (exact) mass is 443 g/mol. The highest BCUT2D eigenvalue weighted by Crippen LogP contribution is 2.38. The van der Waals surface area contributed by atoms with Crippen molar-refractivity contribution in [2.45, 2.75) is 33.1 Å². The van der Waals surface area contributed by atoms with Crippen molar-refractivity contribution in [2.24, 2.45) is 7.05 Å². The van der Waals surface area contributed by atoms with Gasteiger partial charge in [-0.1, -0.05) is 62.2 Å². The third-order valence-corrected chi connectivity index (χ3v) is 5.48. The number of H-pyrrole nitrogens is 1. The second-order valence-electron chi connectivity index (χ2n) is 8.09. The number of nitrogens with one attached hydrogen (secondary N) is 1. The van der Waals surface area contributed by atoms with Crippen LogP contribution in [0.1, 0.15) is 33.4 Å². The number of aromatic amines is 1. The van der Waals surface area contributed by atoms with Gasteiger partial charge in [-0.25, -0.2) is 9.97 Å². The van der Waals surface area contributed by atoms with Gasteiger partial charge in [0.15, 0.2) is 5.82 Å². The molecule has 0 saturated carbocycles. The summed E-state index contributed by atoms with van der Waals surface area (Å²) in [5, 5.41) is 5.83. The molecule has 0 aliphatic heterocycles. The van der Waals surface area contributed by atoms with Gasteiger partial charge in [0.2, 0.25) is 5.88 Å². The van der Waals surface area contributed by atoms with E-state index in [2.05, 4.69) is 35.8 Å². The number of hydrogen-bond donors (Lipinski definition) is 1. The standard InChI is InChI=1S/C22H23Cl2N5O/c1-6-30-21-17-15(11-14(26-21)12-9-7-8-10-13(12)23)25-20(27-17)18-16(24)19(22(2,3)4)28-29(18)5/h7-11H,6H2,1-5H3,(H,25,27). The summed E-state index contributed by atoms with van der Waals surface area (Å²) >= 11 is 13.1. The number of nitrogens with zero attached hydrogens (tertiary/aromatic N) is 4. The van der Waals surface area contributed by atoms with Gasteiger partial charge in [-0.15, -0.1) is 0 Å². The average molecular weight is 444 g/mol. The molecule has 0 amide bonds. The van der Waals surface area contributed by atoms with Crippen molar-refractivity contribution < 1.29 is 4.74 Å². The molecule has 0 radical (unpaired) electrons. The molecule has 6 nitrogen and oxygen atoms in total. The maximum atomic E-state index is 6.72. The Hall–Kier alpha value is -2.57. The van der Waals surface area contributed by atoms with Crippen LogP contribution in [0.15, 0.2) is 30.3 Å². The van der Waals surface area contributed by atoms with E-state index in [4.69, 9.17) is 32.9 Å². The van der Waals surface area contributed by atoms with E-state index in [1.807, 2.05) is 44.3 Å². The van der Waals surface area contributed by atoms with Crippen LogP contribution in [0, 0.1) is 0 Å². The van der Waals surface area contributed by atoms with Crippen LogP contribution in [0.3, 0.4) is 0 Å². The fourth-order valence-electron chi connectivity index (χ4n) is 3.38. The summed E-state index contributed by atoms with van der Waals surface area (Å²) in [5.41, 5.74) is 4.29. The van der Waals surface area contributed by atoms with Crippen molar-refractivity contribution in [2.75, 3.05) is 6.61 Å². The van der Waals surface area contributed by atoms with Gasteiger partial charge in [0, 0.05) is 23.0 Å². The van der Waals surface area contributed by atoms with E-state index < -0.39 is 0 Å². The molecule has 3 aromatic heterocycles. The molecule has 0 fully saturated rings. The van der Waals surface area contributed by atoms with Crippen molar-refractivity contribution in [3.05, 3.63) is 46.1 Å². The third kappa shape index (κ3) is 3.55. The smallest absolute Gasteiger partial charge is 0.240 e. The number of halogens is 2. The number of benzene rings is 1. The molecule has 4 rings (SSSR count). The highest BCUT2D eigenvalue weighted by molar-refractivity contribution is 6.34. The van der Waals surface area contributed by atoms with Gasteiger partial charge in [0.1, 0.15) is 11.2 Å². The summed E-state index contributed by atoms with van der Waals surface area (Å²) in [6.45, 7) is 8.63. The predicted octanol–water partition coefficient (Wildman–Crippen LogP) is 6.03. The Morgan fingerprint density at radius 1 is 1.13 bits per heavy atom. The molecule has 0 aliphatic rings. The maximum Gasteiger partial charge on any atom is 0.240 e. The lowest BCUT2D eigenvalue weighted by Gasteiger charge is -2.15. The first-order valence-electron chi connectivity index (χ1n) is 9.72. The number of fused-ring (bicyclic) bond motifs is 1. The minimum Gasteiger partial charge on any atom is -0.476 e. The Morgan fingerprint density at radius 2 is 1.87 bits per heavy atom. The first-order valence-corrected chi connectivity index (χ1v) is 10.5. The Kier molecular flexibility index (Phi) is 5.24. The van der Waals surface area contributed by atoms with Gasteiger partial charge < -0.3 is 9.72 Å². The zero-order valence-corrected chi connectivity index (χ0v) is 19.1. The molecule has 0 aliphatic carbocycles. The number of pyridine rings is 1. The van der Waals surface area contributed by atoms with Crippen LogP contribution in [0.25, 0.3) is 33.8 Å². The van der Waals surface area contributed by atoms with Gasteiger partial charge in [-0.05, 0) is 19.1 Å². The van der Waals surface area contributed by atoms with Crippen LogP contribution < -0.4 is 4.74 Å². The maximum absolute atomic E-state index is 6.72. The molecule has 0 spiro atoms. The van der Waals surface area contributed by atoms with Crippen LogP contribution in [-0.4, -0.2) is 31.3 Å². The topological polar surface area (TPSA) is 68.6 Å². The number of imidazole rings is 1. The molecule has 0 bridgehead atoms. The molecule has 0 atom stereocenters. The lowest BCUT2D eigenvalue weighted by Crippen LogP contribution is -2.12. The summed E-state index contributed by atoms with van der Waals surface area (Å²) in [5.74, 6) is 1.08. The number of aryl methyl sites for hydroxylation is 1. The largest absolute Gasteiger partial charge is 0.476 e. The average Bonchev–Trinajstić information content (AvgIpc) is 3.22. The van der Waals surface area contributed by atoms with Gasteiger partial charge in [-0.2, -0.15) is 5.10 Å². The summed E-state index contributed by atoms with van der Waals surface area (Å²) in [4.78, 5) is 12.8. The van der Waals surface area contributed by atoms with Crippen molar-refractivity contribution >= 4 is 34.2 Å². The van der Waals surface area contributed by atoms with Crippen molar-refractivity contribution in [1.29, 1.82) is 0 Å². The SMILES string of the molecule is CCOc1nc(-c2ccccc2Cl)cc2nc(-c3c(Cl)c(C(C)(C)C)nn3C)[nH]c12. The third-order valence-electron chi connectivity index (χ3n) is 4.80. The molecule has 1 N–H and O–H groups in total. The zero-order chi connectivity index (χ0) is 21.6. The van der Waals surface area contributed by atoms with Gasteiger partial charge in [0.25, 0.3) is 0 Å². The molecule has 0 saturated heterocycles. The molecule has 8 heteroatoms. The molecule has 156 valence electrons. The summed E-state index contributed by atoms with van der Waals surface area (Å²) in [6, 6.07) is 9.47. The van der Waals surface area contributed by atoms with Crippen molar-refractivity contribution in [3.8, 4) is 28.7 Å². The molecular weight excluding hydrogens is 421 g/mol. The van der Waals surface area contributed by atoms with Gasteiger partial charge in [0.05, 0.1) is 28.5 Å². The zero-order valence-electron chi connectivity index (χ0n) is 17.5. The minimum absolute atomic E-state index is 0.186. The summed E-state index contributed by atoms with van der Waals surface area (Å²) < 4.78 is 7.56. The molecule has 3 heterocycles. The fourth-order valence-corrected chi connectivity index (χ4v) is 4.14. The number of ether oxygens (including phenoxy) is 1. The van der Waals surface area contributed by atoms with E-state index in [9.17, 15) is 0 Å². The molecule has 30 heavy (non-hydrogen) atoms. The van der Waals surface area contributed by atoms with Crippen LogP contribution in [-0.2, 0) is 12.5 Å². The molecule has 1 aromatic carbocycles. The predicted molar refractivity (Wildman–Crippen MR) is 121 cm³/mol. The van der Waals surface area contributed by atoms with E-state index in [0.29, 0.717) is 45.1 Å².